The predicted molar refractivity (Wildman–Crippen MR) is 70.4 cm³/mol. The summed E-state index contributed by atoms with van der Waals surface area (Å²) in [5.41, 5.74) is 5.91. The van der Waals surface area contributed by atoms with Crippen molar-refractivity contribution in [2.45, 2.75) is 17.4 Å². The van der Waals surface area contributed by atoms with Crippen LogP contribution >= 0.6 is 11.8 Å². The van der Waals surface area contributed by atoms with Gasteiger partial charge in [-0.3, -0.25) is 4.79 Å². The molecule has 2 aromatic rings. The molecule has 0 spiro atoms. The van der Waals surface area contributed by atoms with Gasteiger partial charge in [-0.2, -0.15) is 0 Å². The van der Waals surface area contributed by atoms with Crippen molar-refractivity contribution in [2.75, 3.05) is 6.79 Å². The molecule has 104 valence electrons. The fourth-order valence-corrected chi connectivity index (χ4v) is 2.25. The van der Waals surface area contributed by atoms with Crippen LogP contribution in [0.5, 0.6) is 11.5 Å². The van der Waals surface area contributed by atoms with Crippen molar-refractivity contribution in [2.24, 2.45) is 5.73 Å². The number of primary amides is 1. The van der Waals surface area contributed by atoms with Gasteiger partial charge in [-0.25, -0.2) is 0 Å². The standard InChI is InChI=1S/C12H11N3O4S/c1-6(10(13)16)20-12-15-14-11(19-12)7-2-3-8-9(4-7)18-5-17-8/h2-4,6H,5H2,1H3,(H2,13,16)/t6-/m1/s1. The molecule has 0 fully saturated rings. The molecule has 1 amide bonds. The lowest BCUT2D eigenvalue weighted by Gasteiger charge is -2.01. The zero-order chi connectivity index (χ0) is 14.1. The Kier molecular flexibility index (Phi) is 3.23. The van der Waals surface area contributed by atoms with E-state index in [4.69, 9.17) is 19.6 Å². The van der Waals surface area contributed by atoms with Gasteiger partial charge < -0.3 is 19.6 Å². The number of amides is 1. The molecule has 8 heteroatoms. The maximum atomic E-state index is 11.0. The fraction of sp³-hybridized carbons (Fsp3) is 0.250. The van der Waals surface area contributed by atoms with Crippen molar-refractivity contribution in [3.63, 3.8) is 0 Å². The first-order valence-corrected chi connectivity index (χ1v) is 6.71. The van der Waals surface area contributed by atoms with Crippen LogP contribution in [-0.2, 0) is 4.79 Å². The molecule has 0 saturated heterocycles. The van der Waals surface area contributed by atoms with E-state index < -0.39 is 11.2 Å². The summed E-state index contributed by atoms with van der Waals surface area (Å²) < 4.78 is 16.0. The molecule has 20 heavy (non-hydrogen) atoms. The lowest BCUT2D eigenvalue weighted by molar-refractivity contribution is -0.117. The molecule has 1 aliphatic rings. The average molecular weight is 293 g/mol. The number of carbonyl (C=O) groups excluding carboxylic acids is 1. The van der Waals surface area contributed by atoms with E-state index in [9.17, 15) is 4.79 Å². The highest BCUT2D eigenvalue weighted by molar-refractivity contribution is 8.00. The van der Waals surface area contributed by atoms with Crippen LogP contribution in [0, 0.1) is 0 Å². The number of ether oxygens (including phenoxy) is 2. The third-order valence-corrected chi connectivity index (χ3v) is 3.66. The molecule has 3 rings (SSSR count). The second-order valence-corrected chi connectivity index (χ2v) is 5.40. The minimum atomic E-state index is -0.433. The molecule has 0 bridgehead atoms. The normalized spacial score (nSPS) is 14.2. The maximum absolute atomic E-state index is 11.0. The zero-order valence-corrected chi connectivity index (χ0v) is 11.3. The Hall–Kier alpha value is -2.22. The van der Waals surface area contributed by atoms with Gasteiger partial charge in [-0.1, -0.05) is 11.8 Å². The summed E-state index contributed by atoms with van der Waals surface area (Å²) >= 11 is 1.12. The van der Waals surface area contributed by atoms with Gasteiger partial charge in [-0.05, 0) is 25.1 Å². The molecule has 1 aromatic carbocycles. The fourth-order valence-electron chi connectivity index (χ4n) is 1.61. The summed E-state index contributed by atoms with van der Waals surface area (Å²) in [6, 6.07) is 5.34. The molecule has 0 unspecified atom stereocenters. The van der Waals surface area contributed by atoms with E-state index in [1.807, 2.05) is 0 Å². The first kappa shape index (κ1) is 12.8. The Morgan fingerprint density at radius 1 is 1.35 bits per heavy atom. The average Bonchev–Trinajstić information content (AvgIpc) is 3.05. The van der Waals surface area contributed by atoms with Crippen molar-refractivity contribution in [1.82, 2.24) is 10.2 Å². The summed E-state index contributed by atoms with van der Waals surface area (Å²) in [7, 11) is 0. The second kappa shape index (κ2) is 5.04. The molecule has 7 nitrogen and oxygen atoms in total. The Bertz CT molecular complexity index is 658. The highest BCUT2D eigenvalue weighted by Crippen LogP contribution is 2.36. The number of hydrogen-bond acceptors (Lipinski definition) is 7. The summed E-state index contributed by atoms with van der Waals surface area (Å²) in [6.45, 7) is 1.89. The monoisotopic (exact) mass is 293 g/mol. The van der Waals surface area contributed by atoms with Crippen LogP contribution in [-0.4, -0.2) is 28.1 Å². The van der Waals surface area contributed by atoms with Crippen LogP contribution in [0.15, 0.2) is 27.8 Å². The molecule has 2 N–H and O–H groups in total. The number of nitrogens with two attached hydrogens (primary N) is 1. The van der Waals surface area contributed by atoms with Crippen LogP contribution in [0.25, 0.3) is 11.5 Å². The summed E-state index contributed by atoms with van der Waals surface area (Å²) in [6.07, 6.45) is 0. The maximum Gasteiger partial charge on any atom is 0.277 e. The zero-order valence-electron chi connectivity index (χ0n) is 10.5. The largest absolute Gasteiger partial charge is 0.454 e. The van der Waals surface area contributed by atoms with E-state index in [0.717, 1.165) is 17.3 Å². The lowest BCUT2D eigenvalue weighted by Crippen LogP contribution is -2.22. The minimum Gasteiger partial charge on any atom is -0.454 e. The van der Waals surface area contributed by atoms with E-state index in [1.165, 1.54) is 0 Å². The second-order valence-electron chi connectivity index (χ2n) is 4.10. The third kappa shape index (κ3) is 2.42. The Morgan fingerprint density at radius 3 is 2.95 bits per heavy atom. The van der Waals surface area contributed by atoms with E-state index in [0.29, 0.717) is 22.6 Å². The van der Waals surface area contributed by atoms with Crippen molar-refractivity contribution in [1.29, 1.82) is 0 Å². The SMILES string of the molecule is C[C@@H](Sc1nnc(-c2ccc3c(c2)OCO3)o1)C(N)=O. The van der Waals surface area contributed by atoms with Crippen LogP contribution < -0.4 is 15.2 Å². The molecule has 2 heterocycles. The van der Waals surface area contributed by atoms with Gasteiger partial charge in [0.15, 0.2) is 11.5 Å². The van der Waals surface area contributed by atoms with Crippen LogP contribution in [0.2, 0.25) is 0 Å². The van der Waals surface area contributed by atoms with E-state index in [-0.39, 0.29) is 6.79 Å². The molecular formula is C12H11N3O4S. The van der Waals surface area contributed by atoms with Crippen molar-refractivity contribution >= 4 is 17.7 Å². The first-order valence-electron chi connectivity index (χ1n) is 5.83. The summed E-state index contributed by atoms with van der Waals surface area (Å²) in [5.74, 6) is 1.24. The molecule has 1 aliphatic heterocycles. The van der Waals surface area contributed by atoms with E-state index in [2.05, 4.69) is 10.2 Å². The predicted octanol–water partition coefficient (Wildman–Crippen LogP) is 1.43. The molecule has 0 saturated carbocycles. The smallest absolute Gasteiger partial charge is 0.277 e. The van der Waals surface area contributed by atoms with E-state index in [1.54, 1.807) is 25.1 Å². The van der Waals surface area contributed by atoms with E-state index >= 15 is 0 Å². The number of thioether (sulfide) groups is 1. The van der Waals surface area contributed by atoms with Crippen molar-refractivity contribution in [3.05, 3.63) is 18.2 Å². The molecule has 1 aromatic heterocycles. The summed E-state index contributed by atoms with van der Waals surface area (Å²) in [5, 5.41) is 7.68. The van der Waals surface area contributed by atoms with Gasteiger partial charge in [0.05, 0.1) is 5.25 Å². The molecule has 0 radical (unpaired) electrons. The van der Waals surface area contributed by atoms with Gasteiger partial charge in [0, 0.05) is 5.56 Å². The van der Waals surface area contributed by atoms with Gasteiger partial charge in [0.2, 0.25) is 18.6 Å². The number of rotatable bonds is 4. The van der Waals surface area contributed by atoms with Gasteiger partial charge in [0.25, 0.3) is 5.22 Å². The van der Waals surface area contributed by atoms with Crippen molar-refractivity contribution < 1.29 is 18.7 Å². The van der Waals surface area contributed by atoms with Gasteiger partial charge in [-0.15, -0.1) is 10.2 Å². The number of hydrogen-bond donors (Lipinski definition) is 1. The van der Waals surface area contributed by atoms with Crippen LogP contribution in [0.4, 0.5) is 0 Å². The number of nitrogens with zero attached hydrogens (tertiary/aromatic N) is 2. The number of fused-ring (bicyclic) bond motifs is 1. The molecule has 1 atom stereocenters. The highest BCUT2D eigenvalue weighted by Gasteiger charge is 2.18. The minimum absolute atomic E-state index is 0.208. The number of aromatic nitrogens is 2. The van der Waals surface area contributed by atoms with Crippen molar-refractivity contribution in [3.8, 4) is 23.0 Å². The quantitative estimate of drug-likeness (QED) is 0.851. The van der Waals surface area contributed by atoms with Gasteiger partial charge >= 0.3 is 0 Å². The molecule has 0 aliphatic carbocycles. The van der Waals surface area contributed by atoms with Crippen LogP contribution in [0.1, 0.15) is 6.92 Å². The van der Waals surface area contributed by atoms with Gasteiger partial charge in [0.1, 0.15) is 0 Å². The van der Waals surface area contributed by atoms with Crippen LogP contribution in [0.3, 0.4) is 0 Å². The number of benzene rings is 1. The molecular weight excluding hydrogens is 282 g/mol. The highest BCUT2D eigenvalue weighted by atomic mass is 32.2. The lowest BCUT2D eigenvalue weighted by atomic mass is 10.2. The topological polar surface area (TPSA) is 100 Å². The first-order chi connectivity index (χ1) is 9.63. The third-order valence-electron chi connectivity index (χ3n) is 2.70. The summed E-state index contributed by atoms with van der Waals surface area (Å²) in [4.78, 5) is 11.0. The Labute approximate surface area is 118 Å². The Balaban J connectivity index is 1.81. The number of carbonyl (C=O) groups is 1. The Morgan fingerprint density at radius 2 is 2.15 bits per heavy atom.